The molecule has 0 radical (unpaired) electrons. The van der Waals surface area contributed by atoms with Gasteiger partial charge in [0, 0.05) is 5.33 Å². The van der Waals surface area contributed by atoms with E-state index in [0.29, 0.717) is 11.0 Å². The van der Waals surface area contributed by atoms with Crippen molar-refractivity contribution in [3.63, 3.8) is 0 Å². The molecule has 0 saturated heterocycles. The first-order valence-electron chi connectivity index (χ1n) is 2.85. The number of nitrogen functional groups attached to an aromatic ring is 1. The molecule has 4 nitrogen and oxygen atoms in total. The third-order valence-corrected chi connectivity index (χ3v) is 1.67. The molecule has 11 heavy (non-hydrogen) atoms. The second-order valence-corrected chi connectivity index (χ2v) is 2.40. The van der Waals surface area contributed by atoms with Crippen molar-refractivity contribution in [2.75, 3.05) is 5.73 Å². The molecule has 0 aliphatic heterocycles. The summed E-state index contributed by atoms with van der Waals surface area (Å²) in [6, 6.07) is 1.85. The van der Waals surface area contributed by atoms with Crippen molar-refractivity contribution in [1.82, 2.24) is 9.97 Å². The molecule has 0 aromatic carbocycles. The predicted molar refractivity (Wildman–Crippen MR) is 43.8 cm³/mol. The number of hydrogen-bond donors (Lipinski definition) is 1. The molecule has 1 rings (SSSR count). The van der Waals surface area contributed by atoms with E-state index < -0.39 is 0 Å². The minimum Gasteiger partial charge on any atom is -0.381 e. The lowest BCUT2D eigenvalue weighted by Gasteiger charge is -1.96. The molecular formula is C6H5BrN4. The second-order valence-electron chi connectivity index (χ2n) is 1.84. The van der Waals surface area contributed by atoms with E-state index in [9.17, 15) is 0 Å². The number of hydrogen-bond acceptors (Lipinski definition) is 4. The summed E-state index contributed by atoms with van der Waals surface area (Å²) in [5.41, 5.74) is 6.23. The number of halogens is 1. The molecule has 5 heteroatoms. The van der Waals surface area contributed by atoms with Crippen molar-refractivity contribution < 1.29 is 0 Å². The van der Waals surface area contributed by atoms with Gasteiger partial charge in [0.1, 0.15) is 6.07 Å². The lowest BCUT2D eigenvalue weighted by Crippen LogP contribution is -1.99. The Balaban J connectivity index is 3.15. The number of alkyl halides is 1. The molecule has 1 heterocycles. The van der Waals surface area contributed by atoms with E-state index in [0.717, 1.165) is 0 Å². The number of nitrogens with two attached hydrogens (primary N) is 1. The van der Waals surface area contributed by atoms with Gasteiger partial charge in [0.15, 0.2) is 11.5 Å². The molecule has 0 aliphatic carbocycles. The highest BCUT2D eigenvalue weighted by Gasteiger charge is 2.01. The summed E-state index contributed by atoms with van der Waals surface area (Å²) in [7, 11) is 0. The summed E-state index contributed by atoms with van der Waals surface area (Å²) in [5, 5.41) is 9.07. The van der Waals surface area contributed by atoms with Crippen molar-refractivity contribution >= 4 is 21.7 Å². The van der Waals surface area contributed by atoms with E-state index in [4.69, 9.17) is 11.0 Å². The number of anilines is 1. The predicted octanol–water partition coefficient (Wildman–Crippen LogP) is 0.825. The third-order valence-electron chi connectivity index (χ3n) is 1.09. The Kier molecular flexibility index (Phi) is 2.39. The molecule has 0 bridgehead atoms. The van der Waals surface area contributed by atoms with Gasteiger partial charge in [-0.15, -0.1) is 0 Å². The number of nitrogens with zero attached hydrogens (tertiary/aromatic N) is 3. The maximum Gasteiger partial charge on any atom is 0.183 e. The maximum atomic E-state index is 8.49. The molecule has 0 aliphatic rings. The van der Waals surface area contributed by atoms with Gasteiger partial charge in [-0.05, 0) is 0 Å². The first kappa shape index (κ1) is 7.95. The van der Waals surface area contributed by atoms with Gasteiger partial charge >= 0.3 is 0 Å². The minimum atomic E-state index is 0.178. The van der Waals surface area contributed by atoms with Gasteiger partial charge in [-0.1, -0.05) is 15.9 Å². The first-order chi connectivity index (χ1) is 5.27. The van der Waals surface area contributed by atoms with Gasteiger partial charge in [-0.3, -0.25) is 0 Å². The highest BCUT2D eigenvalue weighted by atomic mass is 79.9. The summed E-state index contributed by atoms with van der Waals surface area (Å²) in [6.45, 7) is 0. The zero-order chi connectivity index (χ0) is 8.27. The minimum absolute atomic E-state index is 0.178. The van der Waals surface area contributed by atoms with Crippen LogP contribution in [0.3, 0.4) is 0 Å². The smallest absolute Gasteiger partial charge is 0.183 e. The fourth-order valence-corrected chi connectivity index (χ4v) is 0.852. The van der Waals surface area contributed by atoms with Crippen molar-refractivity contribution in [2.45, 2.75) is 5.33 Å². The quantitative estimate of drug-likeness (QED) is 0.700. The van der Waals surface area contributed by atoms with E-state index in [1.165, 1.54) is 6.20 Å². The van der Waals surface area contributed by atoms with Crippen molar-refractivity contribution in [2.24, 2.45) is 0 Å². The van der Waals surface area contributed by atoms with Gasteiger partial charge in [0.2, 0.25) is 0 Å². The average Bonchev–Trinajstić information content (AvgIpc) is 2.05. The molecule has 1 aromatic rings. The Bertz CT molecular complexity index is 304. The van der Waals surface area contributed by atoms with Crippen LogP contribution in [0, 0.1) is 11.3 Å². The number of nitriles is 1. The van der Waals surface area contributed by atoms with Crippen LogP contribution in [-0.4, -0.2) is 9.97 Å². The molecule has 56 valence electrons. The highest BCUT2D eigenvalue weighted by molar-refractivity contribution is 9.08. The van der Waals surface area contributed by atoms with E-state index in [1.807, 2.05) is 6.07 Å². The molecule has 0 atom stereocenters. The molecule has 0 unspecified atom stereocenters. The molecule has 2 N–H and O–H groups in total. The standard InChI is InChI=1S/C6H5BrN4/c7-1-4-3-10-6(9)5(2-8)11-4/h3H,1H2,(H2,9,10). The topological polar surface area (TPSA) is 75.6 Å². The fraction of sp³-hybridized carbons (Fsp3) is 0.167. The van der Waals surface area contributed by atoms with Gasteiger partial charge < -0.3 is 5.73 Å². The van der Waals surface area contributed by atoms with Crippen molar-refractivity contribution in [1.29, 1.82) is 5.26 Å². The third kappa shape index (κ3) is 1.65. The molecule has 1 aromatic heterocycles. The van der Waals surface area contributed by atoms with E-state index in [-0.39, 0.29) is 11.5 Å². The van der Waals surface area contributed by atoms with Crippen LogP contribution in [0.25, 0.3) is 0 Å². The van der Waals surface area contributed by atoms with Crippen LogP contribution in [0.1, 0.15) is 11.4 Å². The van der Waals surface area contributed by atoms with Crippen LogP contribution in [0.4, 0.5) is 5.82 Å². The lowest BCUT2D eigenvalue weighted by atomic mass is 10.4. The molecule has 0 spiro atoms. The number of rotatable bonds is 1. The monoisotopic (exact) mass is 212 g/mol. The zero-order valence-electron chi connectivity index (χ0n) is 5.58. The highest BCUT2D eigenvalue weighted by Crippen LogP contribution is 2.06. The Morgan fingerprint density at radius 2 is 2.45 bits per heavy atom. The summed E-state index contributed by atoms with van der Waals surface area (Å²) in [4.78, 5) is 7.70. The van der Waals surface area contributed by atoms with Crippen LogP contribution in [-0.2, 0) is 5.33 Å². The summed E-state index contributed by atoms with van der Waals surface area (Å²) < 4.78 is 0. The van der Waals surface area contributed by atoms with E-state index in [2.05, 4.69) is 25.9 Å². The van der Waals surface area contributed by atoms with Crippen molar-refractivity contribution in [3.8, 4) is 6.07 Å². The Labute approximate surface area is 72.2 Å². The summed E-state index contributed by atoms with van der Waals surface area (Å²) in [6.07, 6.45) is 1.53. The molecular weight excluding hydrogens is 208 g/mol. The van der Waals surface area contributed by atoms with Gasteiger partial charge in [0.25, 0.3) is 0 Å². The average molecular weight is 213 g/mol. The Morgan fingerprint density at radius 1 is 1.73 bits per heavy atom. The molecule has 0 fully saturated rings. The van der Waals surface area contributed by atoms with Crippen molar-refractivity contribution in [3.05, 3.63) is 17.6 Å². The van der Waals surface area contributed by atoms with Crippen LogP contribution in [0.2, 0.25) is 0 Å². The van der Waals surface area contributed by atoms with Gasteiger partial charge in [-0.25, -0.2) is 9.97 Å². The molecule has 0 saturated carbocycles. The summed E-state index contributed by atoms with van der Waals surface area (Å²) >= 11 is 3.19. The summed E-state index contributed by atoms with van der Waals surface area (Å²) in [5.74, 6) is 0.178. The van der Waals surface area contributed by atoms with Crippen LogP contribution in [0.15, 0.2) is 6.20 Å². The first-order valence-corrected chi connectivity index (χ1v) is 3.97. The molecule has 0 amide bonds. The normalized spacial score (nSPS) is 9.09. The van der Waals surface area contributed by atoms with Gasteiger partial charge in [0.05, 0.1) is 11.9 Å². The Hall–Kier alpha value is -1.15. The lowest BCUT2D eigenvalue weighted by molar-refractivity contribution is 1.09. The fourth-order valence-electron chi connectivity index (χ4n) is 0.582. The Morgan fingerprint density at radius 3 is 3.00 bits per heavy atom. The number of aromatic nitrogens is 2. The van der Waals surface area contributed by atoms with Gasteiger partial charge in [-0.2, -0.15) is 5.26 Å². The second kappa shape index (κ2) is 3.30. The van der Waals surface area contributed by atoms with Crippen LogP contribution < -0.4 is 5.73 Å². The maximum absolute atomic E-state index is 8.49. The van der Waals surface area contributed by atoms with Crippen LogP contribution in [0.5, 0.6) is 0 Å². The largest absolute Gasteiger partial charge is 0.381 e. The van der Waals surface area contributed by atoms with Crippen LogP contribution >= 0.6 is 15.9 Å². The van der Waals surface area contributed by atoms with E-state index in [1.54, 1.807) is 0 Å². The van der Waals surface area contributed by atoms with E-state index >= 15 is 0 Å². The zero-order valence-corrected chi connectivity index (χ0v) is 7.17. The SMILES string of the molecule is N#Cc1nc(CBr)cnc1N.